The standard InChI is InChI=1S/C32H39ClN4O3S/c1-34-30(39)20-24(21-31-36-28-15-12-25(33)22-29(28)41-31)32(40)35-26(19-23-9-4-2-5-10-23)13-14-27(38)11-8-18-37-16-6-3-7-17-37/h2,4-5,8-12,15,22,24,26H,3,6-7,13-14,16-21H2,1H3,(H,34,39)(H,35,40)/b11-8+/t24-,26+/m0/s1. The van der Waals surface area contributed by atoms with Crippen LogP contribution in [0.2, 0.25) is 5.02 Å². The van der Waals surface area contributed by atoms with Crippen LogP contribution in [0.25, 0.3) is 10.2 Å². The smallest absolute Gasteiger partial charge is 0.224 e. The lowest BCUT2D eigenvalue weighted by molar-refractivity contribution is -0.130. The van der Waals surface area contributed by atoms with Gasteiger partial charge in [-0.2, -0.15) is 0 Å². The monoisotopic (exact) mass is 594 g/mol. The predicted octanol–water partition coefficient (Wildman–Crippen LogP) is 5.36. The van der Waals surface area contributed by atoms with E-state index in [1.54, 1.807) is 19.2 Å². The highest BCUT2D eigenvalue weighted by molar-refractivity contribution is 7.18. The largest absolute Gasteiger partial charge is 0.359 e. The minimum Gasteiger partial charge on any atom is -0.359 e. The first-order valence-corrected chi connectivity index (χ1v) is 15.6. The van der Waals surface area contributed by atoms with Gasteiger partial charge in [0.05, 0.1) is 21.1 Å². The van der Waals surface area contributed by atoms with Crippen LogP contribution in [0.1, 0.15) is 49.1 Å². The number of aromatic nitrogens is 1. The third-order valence-electron chi connectivity index (χ3n) is 7.42. The first-order valence-electron chi connectivity index (χ1n) is 14.4. The summed E-state index contributed by atoms with van der Waals surface area (Å²) in [6, 6.07) is 15.2. The fraction of sp³-hybridized carbons (Fsp3) is 0.438. The van der Waals surface area contributed by atoms with E-state index in [0.29, 0.717) is 30.7 Å². The van der Waals surface area contributed by atoms with Crippen LogP contribution in [-0.4, -0.2) is 60.2 Å². The van der Waals surface area contributed by atoms with Crippen molar-refractivity contribution in [3.8, 4) is 0 Å². The molecule has 2 heterocycles. The number of carbonyl (C=O) groups is 3. The molecule has 41 heavy (non-hydrogen) atoms. The minimum absolute atomic E-state index is 0.0508. The van der Waals surface area contributed by atoms with Crippen molar-refractivity contribution < 1.29 is 14.4 Å². The first kappa shape index (κ1) is 30.9. The summed E-state index contributed by atoms with van der Waals surface area (Å²) in [5, 5.41) is 7.22. The van der Waals surface area contributed by atoms with Gasteiger partial charge in [-0.05, 0) is 68.6 Å². The molecule has 0 radical (unpaired) electrons. The molecule has 1 aromatic heterocycles. The molecule has 2 N–H and O–H groups in total. The molecule has 3 aromatic rings. The highest BCUT2D eigenvalue weighted by Gasteiger charge is 2.26. The second-order valence-corrected chi connectivity index (χ2v) is 12.2. The average Bonchev–Trinajstić information content (AvgIpc) is 3.38. The highest BCUT2D eigenvalue weighted by Crippen LogP contribution is 2.27. The molecule has 0 spiro atoms. The number of carbonyl (C=O) groups excluding carboxylic acids is 3. The molecule has 0 unspecified atom stereocenters. The summed E-state index contributed by atoms with van der Waals surface area (Å²) < 4.78 is 0.945. The van der Waals surface area contributed by atoms with Gasteiger partial charge < -0.3 is 10.6 Å². The van der Waals surface area contributed by atoms with E-state index in [2.05, 4.69) is 20.5 Å². The highest BCUT2D eigenvalue weighted by atomic mass is 35.5. The Kier molecular flexibility index (Phi) is 11.9. The van der Waals surface area contributed by atoms with Crippen molar-refractivity contribution in [1.29, 1.82) is 0 Å². The van der Waals surface area contributed by atoms with Crippen LogP contribution >= 0.6 is 22.9 Å². The quantitative estimate of drug-likeness (QED) is 0.245. The van der Waals surface area contributed by atoms with E-state index in [1.165, 1.54) is 30.6 Å². The number of allylic oxidation sites excluding steroid dienone is 1. The number of hydrogen-bond donors (Lipinski definition) is 2. The maximum atomic E-state index is 13.6. The zero-order valence-electron chi connectivity index (χ0n) is 23.6. The Morgan fingerprint density at radius 2 is 1.85 bits per heavy atom. The number of benzene rings is 2. The number of likely N-dealkylation sites (tertiary alicyclic amines) is 1. The summed E-state index contributed by atoms with van der Waals surface area (Å²) in [5.74, 6) is -0.948. The minimum atomic E-state index is -0.593. The Bertz CT molecular complexity index is 1340. The zero-order chi connectivity index (χ0) is 29.0. The van der Waals surface area contributed by atoms with Gasteiger partial charge in [0.2, 0.25) is 11.8 Å². The van der Waals surface area contributed by atoms with Crippen molar-refractivity contribution in [3.05, 3.63) is 76.3 Å². The molecule has 0 saturated carbocycles. The molecule has 2 aromatic carbocycles. The lowest BCUT2D eigenvalue weighted by Gasteiger charge is -2.24. The molecule has 1 aliphatic rings. The molecular weight excluding hydrogens is 556 g/mol. The molecule has 1 fully saturated rings. The van der Waals surface area contributed by atoms with Crippen molar-refractivity contribution >= 4 is 50.8 Å². The van der Waals surface area contributed by atoms with Crippen molar-refractivity contribution in [2.24, 2.45) is 5.92 Å². The molecule has 4 rings (SSSR count). The van der Waals surface area contributed by atoms with Gasteiger partial charge in [-0.3, -0.25) is 19.3 Å². The lowest BCUT2D eigenvalue weighted by atomic mass is 9.96. The summed E-state index contributed by atoms with van der Waals surface area (Å²) in [4.78, 5) is 45.7. The molecular formula is C32H39ClN4O3S. The van der Waals surface area contributed by atoms with Crippen LogP contribution in [0, 0.1) is 5.92 Å². The lowest BCUT2D eigenvalue weighted by Crippen LogP contribution is -2.42. The van der Waals surface area contributed by atoms with Crippen LogP contribution in [0.5, 0.6) is 0 Å². The molecule has 0 bridgehead atoms. The second-order valence-electron chi connectivity index (χ2n) is 10.7. The number of fused-ring (bicyclic) bond motifs is 1. The fourth-order valence-corrected chi connectivity index (χ4v) is 6.47. The SMILES string of the molecule is CNC(=O)C[C@@H](Cc1nc2ccc(Cl)cc2s1)C(=O)N[C@H](CCC(=O)/C=C/CN1CCCCC1)Cc1ccccc1. The zero-order valence-corrected chi connectivity index (χ0v) is 25.2. The van der Waals surface area contributed by atoms with Crippen LogP contribution < -0.4 is 10.6 Å². The molecule has 7 nitrogen and oxygen atoms in total. The number of halogens is 1. The third kappa shape index (κ3) is 10.1. The number of ketones is 1. The molecule has 218 valence electrons. The number of hydrogen-bond acceptors (Lipinski definition) is 6. The average molecular weight is 595 g/mol. The number of piperidine rings is 1. The summed E-state index contributed by atoms with van der Waals surface area (Å²) in [7, 11) is 1.57. The molecule has 2 atom stereocenters. The van der Waals surface area contributed by atoms with Crippen LogP contribution in [-0.2, 0) is 27.2 Å². The summed E-state index contributed by atoms with van der Waals surface area (Å²) in [5.41, 5.74) is 1.90. The normalized spacial score (nSPS) is 15.6. The Hall–Kier alpha value is -3.07. The van der Waals surface area contributed by atoms with Gasteiger partial charge in [0.1, 0.15) is 0 Å². The summed E-state index contributed by atoms with van der Waals surface area (Å²) in [6.07, 6.45) is 9.21. The Morgan fingerprint density at radius 1 is 1.07 bits per heavy atom. The number of nitrogens with zero attached hydrogens (tertiary/aromatic N) is 2. The van der Waals surface area contributed by atoms with Crippen LogP contribution in [0.15, 0.2) is 60.7 Å². The van der Waals surface area contributed by atoms with E-state index < -0.39 is 5.92 Å². The number of amides is 2. The fourth-order valence-electron chi connectivity index (χ4n) is 5.15. The van der Waals surface area contributed by atoms with Gasteiger partial charge in [0.25, 0.3) is 0 Å². The van der Waals surface area contributed by atoms with E-state index in [4.69, 9.17) is 11.6 Å². The van der Waals surface area contributed by atoms with Crippen molar-refractivity contribution in [3.63, 3.8) is 0 Å². The predicted molar refractivity (Wildman–Crippen MR) is 166 cm³/mol. The molecule has 1 aliphatic heterocycles. The number of nitrogens with one attached hydrogen (secondary N) is 2. The van der Waals surface area contributed by atoms with E-state index in [-0.39, 0.29) is 30.1 Å². The second kappa shape index (κ2) is 15.8. The van der Waals surface area contributed by atoms with Gasteiger partial charge in [0, 0.05) is 43.9 Å². The van der Waals surface area contributed by atoms with Gasteiger partial charge in [-0.1, -0.05) is 54.4 Å². The van der Waals surface area contributed by atoms with Gasteiger partial charge in [0.15, 0.2) is 5.78 Å². The van der Waals surface area contributed by atoms with Gasteiger partial charge >= 0.3 is 0 Å². The van der Waals surface area contributed by atoms with E-state index in [0.717, 1.165) is 40.4 Å². The Labute approximate surface area is 251 Å². The van der Waals surface area contributed by atoms with Crippen LogP contribution in [0.3, 0.4) is 0 Å². The van der Waals surface area contributed by atoms with Crippen LogP contribution in [0.4, 0.5) is 0 Å². The van der Waals surface area contributed by atoms with E-state index >= 15 is 0 Å². The maximum absolute atomic E-state index is 13.6. The van der Waals surface area contributed by atoms with Crippen molar-refractivity contribution in [2.75, 3.05) is 26.7 Å². The van der Waals surface area contributed by atoms with Gasteiger partial charge in [-0.15, -0.1) is 11.3 Å². The summed E-state index contributed by atoms with van der Waals surface area (Å²) >= 11 is 7.62. The maximum Gasteiger partial charge on any atom is 0.224 e. The summed E-state index contributed by atoms with van der Waals surface area (Å²) in [6.45, 7) is 2.98. The molecule has 0 aliphatic carbocycles. The topological polar surface area (TPSA) is 91.4 Å². The Morgan fingerprint density at radius 3 is 2.61 bits per heavy atom. The molecule has 2 amide bonds. The van der Waals surface area contributed by atoms with Crippen molar-refractivity contribution in [1.82, 2.24) is 20.5 Å². The van der Waals surface area contributed by atoms with Gasteiger partial charge in [-0.25, -0.2) is 4.98 Å². The van der Waals surface area contributed by atoms with Crippen molar-refractivity contribution in [2.45, 2.75) is 57.4 Å². The first-order chi connectivity index (χ1) is 19.9. The number of thiazole rings is 1. The van der Waals surface area contributed by atoms with E-state index in [9.17, 15) is 14.4 Å². The Balaban J connectivity index is 1.42. The number of rotatable bonds is 14. The molecule has 1 saturated heterocycles. The van der Waals surface area contributed by atoms with E-state index in [1.807, 2.05) is 48.5 Å². The molecule has 9 heteroatoms. The third-order valence-corrected chi connectivity index (χ3v) is 8.70.